The van der Waals surface area contributed by atoms with Crippen molar-refractivity contribution in [3.8, 4) is 11.5 Å². The van der Waals surface area contributed by atoms with Crippen LogP contribution in [-0.2, 0) is 11.3 Å². The van der Waals surface area contributed by atoms with Gasteiger partial charge in [0.05, 0.1) is 12.6 Å². The van der Waals surface area contributed by atoms with Gasteiger partial charge in [-0.1, -0.05) is 24.3 Å². The predicted octanol–water partition coefficient (Wildman–Crippen LogP) is 4.15. The maximum Gasteiger partial charge on any atom is 0.387 e. The number of amides is 1. The number of ether oxygens (including phenoxy) is 2. The van der Waals surface area contributed by atoms with E-state index in [0.717, 1.165) is 11.3 Å². The number of benzene rings is 2. The second-order valence-corrected chi connectivity index (χ2v) is 6.04. The summed E-state index contributed by atoms with van der Waals surface area (Å²) >= 11 is 0. The summed E-state index contributed by atoms with van der Waals surface area (Å²) in [6.07, 6.45) is 0. The number of rotatable bonds is 9. The Morgan fingerprint density at radius 1 is 1.15 bits per heavy atom. The van der Waals surface area contributed by atoms with Gasteiger partial charge in [0, 0.05) is 12.2 Å². The molecule has 0 aromatic heterocycles. The highest BCUT2D eigenvalue weighted by Crippen LogP contribution is 2.30. The summed E-state index contributed by atoms with van der Waals surface area (Å²) in [6, 6.07) is 13.6. The van der Waals surface area contributed by atoms with E-state index < -0.39 is 12.7 Å². The summed E-state index contributed by atoms with van der Waals surface area (Å²) < 4.78 is 34.9. The Balaban J connectivity index is 2.04. The third-order valence-electron chi connectivity index (χ3n) is 4.04. The lowest BCUT2D eigenvalue weighted by atomic mass is 10.1. The molecule has 1 N–H and O–H groups in total. The Kier molecular flexibility index (Phi) is 7.55. The van der Waals surface area contributed by atoms with Gasteiger partial charge in [-0.15, -0.1) is 0 Å². The molecule has 0 aliphatic heterocycles. The van der Waals surface area contributed by atoms with Gasteiger partial charge in [0.1, 0.15) is 0 Å². The third-order valence-corrected chi connectivity index (χ3v) is 4.04. The first-order chi connectivity index (χ1) is 12.9. The van der Waals surface area contributed by atoms with Crippen LogP contribution in [0.2, 0.25) is 0 Å². The largest absolute Gasteiger partial charge is 0.490 e. The molecule has 27 heavy (non-hydrogen) atoms. The van der Waals surface area contributed by atoms with Crippen molar-refractivity contribution in [3.05, 3.63) is 54.1 Å². The number of nitrogens with zero attached hydrogens (tertiary/aromatic N) is 1. The number of halogens is 2. The molecular weight excluding hydrogens is 354 g/mol. The smallest absolute Gasteiger partial charge is 0.387 e. The Morgan fingerprint density at radius 3 is 2.48 bits per heavy atom. The third kappa shape index (κ3) is 6.21. The second-order valence-electron chi connectivity index (χ2n) is 6.04. The minimum Gasteiger partial charge on any atom is -0.490 e. The number of likely N-dealkylation sites (N-methyl/N-ethyl adjacent to an activating group) is 1. The molecular formula is C20H24F2N2O3. The van der Waals surface area contributed by atoms with Crippen molar-refractivity contribution < 1.29 is 23.0 Å². The molecule has 1 amide bonds. The van der Waals surface area contributed by atoms with Crippen LogP contribution in [0.15, 0.2) is 48.5 Å². The first-order valence-electron chi connectivity index (χ1n) is 8.67. The standard InChI is InChI=1S/C20H24F2N2O3/c1-4-26-18-12-15(10-11-17(18)27-20(21)22)13-24(3)14(2)19(25)23-16-8-6-5-7-9-16/h5-12,14,20H,4,13H2,1-3H3,(H,23,25). The molecule has 0 heterocycles. The number of carbonyl (C=O) groups excluding carboxylic acids is 1. The van der Waals surface area contributed by atoms with Crippen LogP contribution in [0.4, 0.5) is 14.5 Å². The van der Waals surface area contributed by atoms with E-state index in [4.69, 9.17) is 4.74 Å². The number of anilines is 1. The number of carbonyl (C=O) groups is 1. The summed E-state index contributed by atoms with van der Waals surface area (Å²) in [5.41, 5.74) is 1.55. The maximum absolute atomic E-state index is 12.5. The molecule has 0 fully saturated rings. The average Bonchev–Trinajstić information content (AvgIpc) is 2.64. The Bertz CT molecular complexity index is 741. The van der Waals surface area contributed by atoms with Gasteiger partial charge in [-0.25, -0.2) is 0 Å². The molecule has 0 aliphatic carbocycles. The minimum atomic E-state index is -2.92. The van der Waals surface area contributed by atoms with E-state index in [1.165, 1.54) is 6.07 Å². The van der Waals surface area contributed by atoms with Gasteiger partial charge in [-0.05, 0) is 50.7 Å². The number of nitrogens with one attached hydrogen (secondary N) is 1. The number of alkyl halides is 2. The molecule has 2 aromatic rings. The van der Waals surface area contributed by atoms with Crippen molar-refractivity contribution in [3.63, 3.8) is 0 Å². The molecule has 1 atom stereocenters. The van der Waals surface area contributed by atoms with Crippen molar-refractivity contribution >= 4 is 11.6 Å². The fraction of sp³-hybridized carbons (Fsp3) is 0.350. The zero-order chi connectivity index (χ0) is 19.8. The van der Waals surface area contributed by atoms with E-state index >= 15 is 0 Å². The molecule has 0 radical (unpaired) electrons. The van der Waals surface area contributed by atoms with Crippen LogP contribution in [0.25, 0.3) is 0 Å². The lowest BCUT2D eigenvalue weighted by Gasteiger charge is -2.24. The Morgan fingerprint density at radius 2 is 1.85 bits per heavy atom. The van der Waals surface area contributed by atoms with Crippen LogP contribution in [0.5, 0.6) is 11.5 Å². The van der Waals surface area contributed by atoms with Crippen molar-refractivity contribution in [1.82, 2.24) is 4.90 Å². The van der Waals surface area contributed by atoms with E-state index in [-0.39, 0.29) is 17.4 Å². The topological polar surface area (TPSA) is 50.8 Å². The highest BCUT2D eigenvalue weighted by atomic mass is 19.3. The summed E-state index contributed by atoms with van der Waals surface area (Å²) in [4.78, 5) is 14.3. The zero-order valence-corrected chi connectivity index (χ0v) is 15.6. The Labute approximate surface area is 157 Å². The van der Waals surface area contributed by atoms with Crippen LogP contribution in [-0.4, -0.2) is 37.1 Å². The average molecular weight is 378 g/mol. The number of hydrogen-bond acceptors (Lipinski definition) is 4. The van der Waals surface area contributed by atoms with Crippen LogP contribution in [0.3, 0.4) is 0 Å². The lowest BCUT2D eigenvalue weighted by molar-refractivity contribution is -0.120. The molecule has 2 rings (SSSR count). The number of hydrogen-bond donors (Lipinski definition) is 1. The molecule has 0 aliphatic rings. The molecule has 0 bridgehead atoms. The van der Waals surface area contributed by atoms with Crippen molar-refractivity contribution in [2.75, 3.05) is 19.0 Å². The van der Waals surface area contributed by atoms with E-state index in [0.29, 0.717) is 13.2 Å². The van der Waals surface area contributed by atoms with Gasteiger partial charge in [0.2, 0.25) is 5.91 Å². The highest BCUT2D eigenvalue weighted by molar-refractivity contribution is 5.94. The first-order valence-corrected chi connectivity index (χ1v) is 8.67. The molecule has 146 valence electrons. The number of para-hydroxylation sites is 1. The van der Waals surface area contributed by atoms with Crippen LogP contribution in [0.1, 0.15) is 19.4 Å². The fourth-order valence-electron chi connectivity index (χ4n) is 2.51. The van der Waals surface area contributed by atoms with E-state index in [2.05, 4.69) is 10.1 Å². The maximum atomic E-state index is 12.5. The van der Waals surface area contributed by atoms with Gasteiger partial charge < -0.3 is 14.8 Å². The second kappa shape index (κ2) is 9.87. The molecule has 0 saturated heterocycles. The van der Waals surface area contributed by atoms with Crippen LogP contribution >= 0.6 is 0 Å². The first kappa shape index (κ1) is 20.6. The fourth-order valence-corrected chi connectivity index (χ4v) is 2.51. The molecule has 0 spiro atoms. The van der Waals surface area contributed by atoms with Gasteiger partial charge in [-0.2, -0.15) is 8.78 Å². The zero-order valence-electron chi connectivity index (χ0n) is 15.6. The molecule has 7 heteroatoms. The van der Waals surface area contributed by atoms with E-state index in [1.807, 2.05) is 42.3 Å². The quantitative estimate of drug-likeness (QED) is 0.712. The summed E-state index contributed by atoms with van der Waals surface area (Å²) in [6.45, 7) is 1.42. The molecule has 2 aromatic carbocycles. The predicted molar refractivity (Wildman–Crippen MR) is 100 cm³/mol. The normalized spacial score (nSPS) is 12.1. The van der Waals surface area contributed by atoms with Crippen LogP contribution in [0, 0.1) is 0 Å². The highest BCUT2D eigenvalue weighted by Gasteiger charge is 2.19. The van der Waals surface area contributed by atoms with Crippen LogP contribution < -0.4 is 14.8 Å². The molecule has 5 nitrogen and oxygen atoms in total. The van der Waals surface area contributed by atoms with Crippen molar-refractivity contribution in [1.29, 1.82) is 0 Å². The summed E-state index contributed by atoms with van der Waals surface area (Å²) in [5.74, 6) is 0.115. The lowest BCUT2D eigenvalue weighted by Crippen LogP contribution is -2.39. The Hall–Kier alpha value is -2.67. The monoisotopic (exact) mass is 378 g/mol. The van der Waals surface area contributed by atoms with Crippen molar-refractivity contribution in [2.45, 2.75) is 33.0 Å². The van der Waals surface area contributed by atoms with Gasteiger partial charge >= 0.3 is 6.61 Å². The molecule has 1 unspecified atom stereocenters. The summed E-state index contributed by atoms with van der Waals surface area (Å²) in [7, 11) is 1.82. The van der Waals surface area contributed by atoms with Crippen molar-refractivity contribution in [2.24, 2.45) is 0 Å². The van der Waals surface area contributed by atoms with Gasteiger partial charge in [-0.3, -0.25) is 9.69 Å². The van der Waals surface area contributed by atoms with Gasteiger partial charge in [0.15, 0.2) is 11.5 Å². The van der Waals surface area contributed by atoms with E-state index in [1.54, 1.807) is 26.0 Å². The summed E-state index contributed by atoms with van der Waals surface area (Å²) in [5, 5.41) is 2.86. The van der Waals surface area contributed by atoms with Gasteiger partial charge in [0.25, 0.3) is 0 Å². The minimum absolute atomic E-state index is 0.00637. The molecule has 0 saturated carbocycles. The SMILES string of the molecule is CCOc1cc(CN(C)C(C)C(=O)Nc2ccccc2)ccc1OC(F)F. The van der Waals surface area contributed by atoms with E-state index in [9.17, 15) is 13.6 Å².